The average Bonchev–Trinajstić information content (AvgIpc) is 3.21. The molecular formula is C25H27Cl2N5O2S. The third-order valence-corrected chi connectivity index (χ3v) is 6.95. The molecule has 0 saturated heterocycles. The van der Waals surface area contributed by atoms with Crippen molar-refractivity contribution in [3.05, 3.63) is 82.1 Å². The van der Waals surface area contributed by atoms with E-state index in [2.05, 4.69) is 27.4 Å². The van der Waals surface area contributed by atoms with E-state index in [4.69, 9.17) is 23.2 Å². The molecule has 7 nitrogen and oxygen atoms in total. The summed E-state index contributed by atoms with van der Waals surface area (Å²) in [7, 11) is 0. The Labute approximate surface area is 219 Å². The summed E-state index contributed by atoms with van der Waals surface area (Å²) in [5, 5.41) is 15.7. The van der Waals surface area contributed by atoms with Crippen LogP contribution in [0.25, 0.3) is 0 Å². The first-order valence-electron chi connectivity index (χ1n) is 11.0. The minimum atomic E-state index is -0.385. The second kappa shape index (κ2) is 12.2. The molecule has 2 amide bonds. The van der Waals surface area contributed by atoms with Crippen LogP contribution in [0.15, 0.2) is 60.3 Å². The molecule has 0 unspecified atom stereocenters. The van der Waals surface area contributed by atoms with Crippen molar-refractivity contribution in [1.82, 2.24) is 20.1 Å². The number of thioether (sulfide) groups is 1. The van der Waals surface area contributed by atoms with Crippen LogP contribution in [-0.2, 0) is 11.3 Å². The summed E-state index contributed by atoms with van der Waals surface area (Å²) in [4.78, 5) is 25.4. The van der Waals surface area contributed by atoms with Crippen LogP contribution in [0.2, 0.25) is 10.0 Å². The number of anilines is 1. The van der Waals surface area contributed by atoms with Gasteiger partial charge in [-0.15, -0.1) is 16.8 Å². The van der Waals surface area contributed by atoms with Crippen LogP contribution in [0.5, 0.6) is 0 Å². The van der Waals surface area contributed by atoms with Gasteiger partial charge in [0.05, 0.1) is 27.5 Å². The minimum Gasteiger partial charge on any atom is -0.342 e. The number of nitrogens with zero attached hydrogens (tertiary/aromatic N) is 3. The molecule has 2 aromatic carbocycles. The molecule has 0 radical (unpaired) electrons. The molecule has 184 valence electrons. The zero-order valence-electron chi connectivity index (χ0n) is 19.7. The third kappa shape index (κ3) is 6.87. The number of carbonyl (C=O) groups excluding carboxylic acids is 2. The summed E-state index contributed by atoms with van der Waals surface area (Å²) < 4.78 is 1.86. The number of hydrogen-bond donors (Lipinski definition) is 2. The maximum atomic E-state index is 12.9. The van der Waals surface area contributed by atoms with Gasteiger partial charge in [0.1, 0.15) is 0 Å². The van der Waals surface area contributed by atoms with Crippen molar-refractivity contribution in [3.8, 4) is 0 Å². The van der Waals surface area contributed by atoms with Crippen molar-refractivity contribution < 1.29 is 9.59 Å². The Morgan fingerprint density at radius 3 is 2.51 bits per heavy atom. The highest BCUT2D eigenvalue weighted by Gasteiger charge is 2.26. The fraction of sp³-hybridized carbons (Fsp3) is 0.280. The van der Waals surface area contributed by atoms with Gasteiger partial charge in [0.25, 0.3) is 5.91 Å². The van der Waals surface area contributed by atoms with Crippen molar-refractivity contribution >= 4 is 52.5 Å². The molecule has 3 aromatic rings. The van der Waals surface area contributed by atoms with Crippen LogP contribution in [-0.4, -0.2) is 32.3 Å². The molecule has 0 fully saturated rings. The van der Waals surface area contributed by atoms with Crippen molar-refractivity contribution in [3.63, 3.8) is 0 Å². The van der Waals surface area contributed by atoms with Crippen molar-refractivity contribution in [2.24, 2.45) is 5.92 Å². The number of benzene rings is 2. The van der Waals surface area contributed by atoms with Crippen molar-refractivity contribution in [2.45, 2.75) is 38.5 Å². The predicted molar refractivity (Wildman–Crippen MR) is 142 cm³/mol. The highest BCUT2D eigenvalue weighted by Crippen LogP contribution is 2.30. The van der Waals surface area contributed by atoms with Crippen LogP contribution >= 0.6 is 35.0 Å². The number of carbonyl (C=O) groups is 2. The Hall–Kier alpha value is -2.81. The second-order valence-corrected chi connectivity index (χ2v) is 9.97. The third-order valence-electron chi connectivity index (χ3n) is 5.16. The standard InChI is InChI=1S/C25H27Cl2N5O2S/c1-5-13-32-23(22(15(2)3)29-24(34)17-11-9-16(4)10-12-17)30-31-25(32)35-14-20(33)28-19-8-6-7-18(26)21(19)27/h5-12,15,22H,1,13-14H2,2-4H3,(H,28,33)(H,29,34)/t22-/m1/s1. The molecule has 0 bridgehead atoms. The number of rotatable bonds is 10. The highest BCUT2D eigenvalue weighted by atomic mass is 35.5. The summed E-state index contributed by atoms with van der Waals surface area (Å²) in [5.41, 5.74) is 2.09. The maximum absolute atomic E-state index is 12.9. The first-order valence-corrected chi connectivity index (χ1v) is 12.7. The Balaban J connectivity index is 1.75. The topological polar surface area (TPSA) is 88.9 Å². The van der Waals surface area contributed by atoms with E-state index in [9.17, 15) is 9.59 Å². The molecule has 3 rings (SSSR count). The smallest absolute Gasteiger partial charge is 0.251 e. The Kier molecular flexibility index (Phi) is 9.37. The molecule has 0 aliphatic rings. The fourth-order valence-corrected chi connectivity index (χ4v) is 4.42. The van der Waals surface area contributed by atoms with Gasteiger partial charge >= 0.3 is 0 Å². The number of aryl methyl sites for hydroxylation is 1. The monoisotopic (exact) mass is 531 g/mol. The van der Waals surface area contributed by atoms with E-state index < -0.39 is 0 Å². The Bertz CT molecular complexity index is 1210. The van der Waals surface area contributed by atoms with Crippen LogP contribution in [0.1, 0.15) is 41.6 Å². The Morgan fingerprint density at radius 2 is 1.86 bits per heavy atom. The first kappa shape index (κ1) is 26.8. The van der Waals surface area contributed by atoms with Gasteiger partial charge in [0, 0.05) is 12.1 Å². The Morgan fingerprint density at radius 1 is 1.14 bits per heavy atom. The van der Waals surface area contributed by atoms with E-state index in [0.29, 0.717) is 33.8 Å². The van der Waals surface area contributed by atoms with Gasteiger partial charge in [-0.1, -0.05) is 78.6 Å². The summed E-state index contributed by atoms with van der Waals surface area (Å²) in [6, 6.07) is 12.0. The van der Waals surface area contributed by atoms with E-state index in [1.54, 1.807) is 36.4 Å². The largest absolute Gasteiger partial charge is 0.342 e. The number of hydrogen-bond acceptors (Lipinski definition) is 5. The van der Waals surface area contributed by atoms with E-state index in [1.165, 1.54) is 11.8 Å². The van der Waals surface area contributed by atoms with E-state index in [-0.39, 0.29) is 34.5 Å². The summed E-state index contributed by atoms with van der Waals surface area (Å²) in [6.45, 7) is 10.2. The number of aromatic nitrogens is 3. The summed E-state index contributed by atoms with van der Waals surface area (Å²) >= 11 is 13.4. The minimum absolute atomic E-state index is 0.0447. The molecule has 0 saturated carbocycles. The van der Waals surface area contributed by atoms with Gasteiger partial charge in [-0.2, -0.15) is 0 Å². The lowest BCUT2D eigenvalue weighted by Crippen LogP contribution is -2.33. The van der Waals surface area contributed by atoms with Crippen LogP contribution in [0, 0.1) is 12.8 Å². The van der Waals surface area contributed by atoms with Gasteiger partial charge in [0.2, 0.25) is 5.91 Å². The number of halogens is 2. The lowest BCUT2D eigenvalue weighted by Gasteiger charge is -2.22. The van der Waals surface area contributed by atoms with Crippen LogP contribution in [0.4, 0.5) is 5.69 Å². The summed E-state index contributed by atoms with van der Waals surface area (Å²) in [6.07, 6.45) is 1.72. The molecule has 0 spiro atoms. The fourth-order valence-electron chi connectivity index (χ4n) is 3.31. The molecule has 1 aromatic heterocycles. The van der Waals surface area contributed by atoms with Gasteiger partial charge in [0.15, 0.2) is 11.0 Å². The zero-order chi connectivity index (χ0) is 25.5. The molecule has 2 N–H and O–H groups in total. The molecule has 1 atom stereocenters. The van der Waals surface area contributed by atoms with Crippen molar-refractivity contribution in [1.29, 1.82) is 0 Å². The van der Waals surface area contributed by atoms with Crippen molar-refractivity contribution in [2.75, 3.05) is 11.1 Å². The number of amides is 2. The van der Waals surface area contributed by atoms with E-state index in [0.717, 1.165) is 5.56 Å². The molecule has 35 heavy (non-hydrogen) atoms. The van der Waals surface area contributed by atoms with E-state index in [1.807, 2.05) is 37.5 Å². The number of allylic oxidation sites excluding steroid dienone is 1. The molecule has 1 heterocycles. The van der Waals surface area contributed by atoms with Gasteiger partial charge < -0.3 is 15.2 Å². The highest BCUT2D eigenvalue weighted by molar-refractivity contribution is 7.99. The van der Waals surface area contributed by atoms with E-state index >= 15 is 0 Å². The van der Waals surface area contributed by atoms with Gasteiger partial charge in [-0.3, -0.25) is 9.59 Å². The lowest BCUT2D eigenvalue weighted by atomic mass is 10.0. The van der Waals surface area contributed by atoms with Gasteiger partial charge in [-0.05, 0) is 37.1 Å². The predicted octanol–water partition coefficient (Wildman–Crippen LogP) is 5.94. The second-order valence-electron chi connectivity index (χ2n) is 8.24. The van der Waals surface area contributed by atoms with Crippen LogP contribution in [0.3, 0.4) is 0 Å². The average molecular weight is 532 g/mol. The summed E-state index contributed by atoms with van der Waals surface area (Å²) in [5.74, 6) is 0.274. The first-order chi connectivity index (χ1) is 16.7. The zero-order valence-corrected chi connectivity index (χ0v) is 22.0. The maximum Gasteiger partial charge on any atom is 0.251 e. The normalized spacial score (nSPS) is 11.8. The lowest BCUT2D eigenvalue weighted by molar-refractivity contribution is -0.113. The molecule has 0 aliphatic heterocycles. The van der Waals surface area contributed by atoms with Crippen LogP contribution < -0.4 is 10.6 Å². The molecule has 10 heteroatoms. The quantitative estimate of drug-likeness (QED) is 0.249. The SMILES string of the molecule is C=CCn1c(SCC(=O)Nc2cccc(Cl)c2Cl)nnc1[C@H](NC(=O)c1ccc(C)cc1)C(C)C. The number of nitrogens with one attached hydrogen (secondary N) is 2. The molecule has 0 aliphatic carbocycles. The molecular weight excluding hydrogens is 505 g/mol. The van der Waals surface area contributed by atoms with Gasteiger partial charge in [-0.25, -0.2) is 0 Å².